The molecule has 0 amide bonds. The number of benzene rings is 1. The van der Waals surface area contributed by atoms with Crippen molar-refractivity contribution in [3.8, 4) is 11.4 Å². The normalized spacial score (nSPS) is 11.4. The largest absolute Gasteiger partial charge is 0.446 e. The third-order valence-electron chi connectivity index (χ3n) is 4.58. The molecule has 4 rings (SSSR count). The molecule has 0 spiro atoms. The molecule has 0 N–H and O–H groups in total. The van der Waals surface area contributed by atoms with Gasteiger partial charge in [0.15, 0.2) is 0 Å². The second-order valence-electron chi connectivity index (χ2n) is 8.61. The topological polar surface area (TPSA) is 92.4 Å². The first-order chi connectivity index (χ1) is 16.1. The Kier molecular flexibility index (Phi) is 7.26. The average Bonchev–Trinajstić information content (AvgIpc) is 3.45. The number of hydrogen-bond donors (Lipinski definition) is 0. The Morgan fingerprint density at radius 3 is 2.38 bits per heavy atom. The molecular formula is C25H29N3O5S. The maximum atomic E-state index is 13.0. The van der Waals surface area contributed by atoms with E-state index >= 15 is 0 Å². The Bertz CT molecular complexity index is 1350. The van der Waals surface area contributed by atoms with Gasteiger partial charge in [-0.1, -0.05) is 13.8 Å². The van der Waals surface area contributed by atoms with Crippen LogP contribution in [-0.4, -0.2) is 44.5 Å². The summed E-state index contributed by atoms with van der Waals surface area (Å²) in [4.78, 5) is 37.1. The van der Waals surface area contributed by atoms with E-state index in [1.807, 2.05) is 19.2 Å². The highest BCUT2D eigenvalue weighted by molar-refractivity contribution is 7.17. The number of thiophene rings is 1. The predicted octanol–water partition coefficient (Wildman–Crippen LogP) is 6.73. The summed E-state index contributed by atoms with van der Waals surface area (Å²) in [7, 11) is 0. The minimum atomic E-state index is -0.688. The first-order valence-corrected chi connectivity index (χ1v) is 12.0. The molecule has 0 saturated heterocycles. The van der Waals surface area contributed by atoms with E-state index in [4.69, 9.17) is 9.47 Å². The molecule has 3 aromatic heterocycles. The summed E-state index contributed by atoms with van der Waals surface area (Å²) >= 11 is 1.40. The highest BCUT2D eigenvalue weighted by atomic mass is 32.1. The zero-order chi connectivity index (χ0) is 25.2. The van der Waals surface area contributed by atoms with Crippen molar-refractivity contribution < 1.29 is 23.9 Å². The van der Waals surface area contributed by atoms with Crippen LogP contribution in [0.2, 0.25) is 0 Å². The molecule has 0 radical (unpaired) electrons. The number of aromatic nitrogens is 3. The number of nitrogens with zero attached hydrogens (tertiary/aromatic N) is 3. The van der Waals surface area contributed by atoms with Gasteiger partial charge in [-0.25, -0.2) is 14.2 Å². The highest BCUT2D eigenvalue weighted by Gasteiger charge is 2.27. The van der Waals surface area contributed by atoms with Gasteiger partial charge in [0.1, 0.15) is 17.6 Å². The quantitative estimate of drug-likeness (QED) is 0.300. The van der Waals surface area contributed by atoms with Crippen molar-refractivity contribution in [2.45, 2.75) is 60.2 Å². The number of hydrogen-bond acceptors (Lipinski definition) is 7. The molecule has 1 aromatic carbocycles. The molecule has 0 aliphatic rings. The van der Waals surface area contributed by atoms with Gasteiger partial charge in [-0.2, -0.15) is 9.78 Å². The minimum Gasteiger partial charge on any atom is -0.446 e. The average molecular weight is 484 g/mol. The van der Waals surface area contributed by atoms with Gasteiger partial charge in [-0.3, -0.25) is 4.79 Å². The fourth-order valence-corrected chi connectivity index (χ4v) is 4.26. The van der Waals surface area contributed by atoms with Crippen molar-refractivity contribution >= 4 is 50.9 Å². The molecule has 3 heterocycles. The third kappa shape index (κ3) is 4.89. The smallest absolute Gasteiger partial charge is 0.435 e. The van der Waals surface area contributed by atoms with E-state index in [-0.39, 0.29) is 6.10 Å². The van der Waals surface area contributed by atoms with Gasteiger partial charge in [0.05, 0.1) is 27.5 Å². The molecule has 0 unspecified atom stereocenters. The Morgan fingerprint density at radius 1 is 1.06 bits per heavy atom. The van der Waals surface area contributed by atoms with Crippen LogP contribution in [0.15, 0.2) is 35.7 Å². The van der Waals surface area contributed by atoms with Crippen molar-refractivity contribution in [2.24, 2.45) is 0 Å². The molecule has 9 heteroatoms. The fraction of sp³-hybridized carbons (Fsp3) is 0.360. The van der Waals surface area contributed by atoms with Crippen LogP contribution in [-0.2, 0) is 9.47 Å². The van der Waals surface area contributed by atoms with Gasteiger partial charge in [-0.05, 0) is 70.3 Å². The van der Waals surface area contributed by atoms with Crippen LogP contribution in [0.3, 0.4) is 0 Å². The van der Waals surface area contributed by atoms with Crippen molar-refractivity contribution in [3.63, 3.8) is 0 Å². The first kappa shape index (κ1) is 25.2. The number of aldehydes is 1. The molecule has 0 fully saturated rings. The lowest BCUT2D eigenvalue weighted by Crippen LogP contribution is -2.27. The number of rotatable bonds is 3. The molecule has 180 valence electrons. The molecule has 0 atom stereocenters. The Morgan fingerprint density at radius 2 is 1.76 bits per heavy atom. The van der Waals surface area contributed by atoms with Crippen LogP contribution in [0.1, 0.15) is 58.8 Å². The Balaban J connectivity index is 0.00000158. The molecule has 0 aliphatic carbocycles. The van der Waals surface area contributed by atoms with Crippen molar-refractivity contribution in [2.75, 3.05) is 0 Å². The summed E-state index contributed by atoms with van der Waals surface area (Å²) in [6, 6.07) is 8.58. The second-order valence-corrected chi connectivity index (χ2v) is 9.53. The van der Waals surface area contributed by atoms with Gasteiger partial charge in [0, 0.05) is 10.9 Å². The standard InChI is InChI=1S/C23H23N3O5S.C2H6/c1-13(2)30-21(28)25-16-7-6-14(12-27)10-15(16)11-18(25)19-20-17(8-9-32-20)26(24-19)22(29)31-23(3,4)5;1-2/h6-13H,1-5H3;1-2H3. The summed E-state index contributed by atoms with van der Waals surface area (Å²) in [6.45, 7) is 12.9. The van der Waals surface area contributed by atoms with Crippen LogP contribution in [0.25, 0.3) is 32.5 Å². The third-order valence-corrected chi connectivity index (χ3v) is 5.49. The summed E-state index contributed by atoms with van der Waals surface area (Å²) in [6.07, 6.45) is -0.760. The van der Waals surface area contributed by atoms with Crippen molar-refractivity contribution in [1.82, 2.24) is 14.3 Å². The summed E-state index contributed by atoms with van der Waals surface area (Å²) in [5, 5.41) is 7.05. The van der Waals surface area contributed by atoms with Crippen LogP contribution in [0.5, 0.6) is 0 Å². The summed E-state index contributed by atoms with van der Waals surface area (Å²) < 4.78 is 14.3. The van der Waals surface area contributed by atoms with Gasteiger partial charge in [0.2, 0.25) is 0 Å². The molecular weight excluding hydrogens is 454 g/mol. The van der Waals surface area contributed by atoms with E-state index in [1.165, 1.54) is 20.6 Å². The molecule has 34 heavy (non-hydrogen) atoms. The Labute approximate surface area is 202 Å². The lowest BCUT2D eigenvalue weighted by molar-refractivity contribution is 0.0523. The SMILES string of the molecule is CC.CC(C)OC(=O)n1c(-c2nn(C(=O)OC(C)(C)C)c3ccsc23)cc2cc(C=O)ccc21. The zero-order valence-electron chi connectivity index (χ0n) is 20.4. The van der Waals surface area contributed by atoms with E-state index in [2.05, 4.69) is 5.10 Å². The fourth-order valence-electron chi connectivity index (χ4n) is 3.39. The molecule has 0 aliphatic heterocycles. The molecule has 0 saturated carbocycles. The van der Waals surface area contributed by atoms with E-state index in [1.54, 1.807) is 65.0 Å². The lowest BCUT2D eigenvalue weighted by atomic mass is 10.2. The van der Waals surface area contributed by atoms with Crippen molar-refractivity contribution in [1.29, 1.82) is 0 Å². The van der Waals surface area contributed by atoms with E-state index in [0.29, 0.717) is 33.4 Å². The van der Waals surface area contributed by atoms with Gasteiger partial charge < -0.3 is 9.47 Å². The number of ether oxygens (including phenoxy) is 2. The van der Waals surface area contributed by atoms with Gasteiger partial charge in [0.25, 0.3) is 0 Å². The first-order valence-electron chi connectivity index (χ1n) is 11.1. The van der Waals surface area contributed by atoms with Crippen LogP contribution < -0.4 is 0 Å². The monoisotopic (exact) mass is 483 g/mol. The van der Waals surface area contributed by atoms with Gasteiger partial charge >= 0.3 is 12.2 Å². The van der Waals surface area contributed by atoms with Crippen molar-refractivity contribution in [3.05, 3.63) is 41.3 Å². The molecule has 4 aromatic rings. The van der Waals surface area contributed by atoms with Gasteiger partial charge in [-0.15, -0.1) is 11.3 Å². The molecule has 8 nitrogen and oxygen atoms in total. The predicted molar refractivity (Wildman–Crippen MR) is 134 cm³/mol. The van der Waals surface area contributed by atoms with Crippen LogP contribution in [0, 0.1) is 0 Å². The van der Waals surface area contributed by atoms with Crippen LogP contribution >= 0.6 is 11.3 Å². The molecule has 0 bridgehead atoms. The van der Waals surface area contributed by atoms with E-state index < -0.39 is 17.8 Å². The lowest BCUT2D eigenvalue weighted by Gasteiger charge is -2.19. The number of carbonyl (C=O) groups excluding carboxylic acids is 3. The Hall–Kier alpha value is -3.46. The second kappa shape index (κ2) is 9.80. The van der Waals surface area contributed by atoms with E-state index in [9.17, 15) is 14.4 Å². The minimum absolute atomic E-state index is 0.330. The number of carbonyl (C=O) groups is 3. The maximum absolute atomic E-state index is 13.0. The van der Waals surface area contributed by atoms with E-state index in [0.717, 1.165) is 11.0 Å². The summed E-state index contributed by atoms with van der Waals surface area (Å²) in [5.41, 5.74) is 1.87. The number of fused-ring (bicyclic) bond motifs is 2. The summed E-state index contributed by atoms with van der Waals surface area (Å²) in [5.74, 6) is 0. The highest BCUT2D eigenvalue weighted by Crippen LogP contribution is 2.36. The zero-order valence-corrected chi connectivity index (χ0v) is 21.2. The van der Waals surface area contributed by atoms with Crippen LogP contribution in [0.4, 0.5) is 9.59 Å². The maximum Gasteiger partial charge on any atom is 0.435 e.